The van der Waals surface area contributed by atoms with Crippen molar-refractivity contribution in [3.8, 4) is 0 Å². The third-order valence-electron chi connectivity index (χ3n) is 2.19. The zero-order valence-electron chi connectivity index (χ0n) is 10.7. The summed E-state index contributed by atoms with van der Waals surface area (Å²) in [6.45, 7) is 4.77. The van der Waals surface area contributed by atoms with Gasteiger partial charge in [-0.3, -0.25) is 9.25 Å². The number of nitrogens with zero attached hydrogens (tertiary/aromatic N) is 3. The SMILES string of the molecule is CCOP(=O)(CCn1cc(CCCl)nn1)OCC. The fraction of sp³-hybridized carbons (Fsp3) is 0.800. The van der Waals surface area contributed by atoms with Crippen LogP contribution in [-0.2, 0) is 26.6 Å². The molecule has 6 nitrogen and oxygen atoms in total. The van der Waals surface area contributed by atoms with Crippen molar-refractivity contribution in [3.63, 3.8) is 0 Å². The Labute approximate surface area is 112 Å². The van der Waals surface area contributed by atoms with Gasteiger partial charge in [-0.1, -0.05) is 5.21 Å². The molecule has 0 bridgehead atoms. The van der Waals surface area contributed by atoms with Crippen molar-refractivity contribution in [2.75, 3.05) is 25.3 Å². The van der Waals surface area contributed by atoms with Gasteiger partial charge in [0.2, 0.25) is 0 Å². The van der Waals surface area contributed by atoms with E-state index in [-0.39, 0.29) is 0 Å². The predicted molar refractivity (Wildman–Crippen MR) is 70.2 cm³/mol. The van der Waals surface area contributed by atoms with E-state index in [4.69, 9.17) is 20.6 Å². The van der Waals surface area contributed by atoms with E-state index >= 15 is 0 Å². The van der Waals surface area contributed by atoms with Gasteiger partial charge < -0.3 is 9.05 Å². The highest BCUT2D eigenvalue weighted by molar-refractivity contribution is 7.53. The van der Waals surface area contributed by atoms with E-state index in [1.165, 1.54) is 0 Å². The number of aromatic nitrogens is 3. The molecule has 1 aromatic rings. The Morgan fingerprint density at radius 3 is 2.61 bits per heavy atom. The number of hydrogen-bond acceptors (Lipinski definition) is 5. The highest BCUT2D eigenvalue weighted by atomic mass is 35.5. The summed E-state index contributed by atoms with van der Waals surface area (Å²) in [5, 5.41) is 7.89. The second-order valence-corrected chi connectivity index (χ2v) is 6.15. The van der Waals surface area contributed by atoms with Crippen LogP contribution >= 0.6 is 19.2 Å². The Balaban J connectivity index is 2.52. The molecule has 0 radical (unpaired) electrons. The largest absolute Gasteiger partial charge is 0.332 e. The average Bonchev–Trinajstić information content (AvgIpc) is 2.76. The van der Waals surface area contributed by atoms with Crippen molar-refractivity contribution in [2.24, 2.45) is 0 Å². The fourth-order valence-electron chi connectivity index (χ4n) is 1.44. The second kappa shape index (κ2) is 7.89. The average molecular weight is 296 g/mol. The predicted octanol–water partition coefficient (Wildman–Crippen LogP) is 2.33. The standard InChI is InChI=1S/C10H19ClN3O3P/c1-3-16-18(15,17-4-2)8-7-14-9-10(5-6-11)12-13-14/h9H,3-8H2,1-2H3. The highest BCUT2D eigenvalue weighted by Crippen LogP contribution is 2.47. The first-order chi connectivity index (χ1) is 8.63. The number of halogens is 1. The Bertz CT molecular complexity index is 389. The van der Waals surface area contributed by atoms with Gasteiger partial charge in [-0.25, -0.2) is 0 Å². The molecule has 1 rings (SSSR count). The fourth-order valence-corrected chi connectivity index (χ4v) is 3.21. The van der Waals surface area contributed by atoms with E-state index in [0.29, 0.717) is 38.2 Å². The van der Waals surface area contributed by atoms with Crippen molar-refractivity contribution < 1.29 is 13.6 Å². The second-order valence-electron chi connectivity index (χ2n) is 3.58. The van der Waals surface area contributed by atoms with Crippen molar-refractivity contribution in [2.45, 2.75) is 26.8 Å². The molecule has 0 saturated carbocycles. The molecule has 0 unspecified atom stereocenters. The molecule has 104 valence electrons. The summed E-state index contributed by atoms with van der Waals surface area (Å²) in [6.07, 6.45) is 2.76. The topological polar surface area (TPSA) is 66.2 Å². The molecule has 0 spiro atoms. The Kier molecular flexibility index (Phi) is 6.86. The summed E-state index contributed by atoms with van der Waals surface area (Å²) < 4.78 is 24.2. The number of rotatable bonds is 9. The minimum Gasteiger partial charge on any atom is -0.309 e. The van der Waals surface area contributed by atoms with Crippen molar-refractivity contribution >= 4 is 19.2 Å². The molecule has 0 N–H and O–H groups in total. The number of hydrogen-bond donors (Lipinski definition) is 0. The summed E-state index contributed by atoms with van der Waals surface area (Å²) in [4.78, 5) is 0. The lowest BCUT2D eigenvalue weighted by molar-refractivity contribution is 0.218. The third-order valence-corrected chi connectivity index (χ3v) is 4.43. The van der Waals surface area contributed by atoms with Crippen LogP contribution in [0.2, 0.25) is 0 Å². The summed E-state index contributed by atoms with van der Waals surface area (Å²) in [6, 6.07) is 0. The summed E-state index contributed by atoms with van der Waals surface area (Å²) in [7, 11) is -3.01. The van der Waals surface area contributed by atoms with Gasteiger partial charge >= 0.3 is 7.60 Å². The number of aryl methyl sites for hydroxylation is 2. The lowest BCUT2D eigenvalue weighted by atomic mass is 10.4. The third kappa shape index (κ3) is 5.06. The molecule has 1 aromatic heterocycles. The zero-order chi connectivity index (χ0) is 13.4. The maximum atomic E-state index is 12.2. The quantitative estimate of drug-likeness (QED) is 0.517. The molecular formula is C10H19ClN3O3P. The molecule has 1 heterocycles. The lowest BCUT2D eigenvalue weighted by Gasteiger charge is -2.16. The van der Waals surface area contributed by atoms with Crippen LogP contribution in [0.1, 0.15) is 19.5 Å². The molecule has 0 atom stereocenters. The van der Waals surface area contributed by atoms with Crippen molar-refractivity contribution in [3.05, 3.63) is 11.9 Å². The minimum atomic E-state index is -3.01. The van der Waals surface area contributed by atoms with E-state index in [1.54, 1.807) is 24.7 Å². The van der Waals surface area contributed by atoms with Crippen LogP contribution in [0.5, 0.6) is 0 Å². The van der Waals surface area contributed by atoms with Crippen LogP contribution in [0.15, 0.2) is 6.20 Å². The maximum absolute atomic E-state index is 12.2. The summed E-state index contributed by atoms with van der Waals surface area (Å²) in [5.41, 5.74) is 0.827. The Morgan fingerprint density at radius 2 is 2.06 bits per heavy atom. The van der Waals surface area contributed by atoms with Crippen molar-refractivity contribution in [1.82, 2.24) is 15.0 Å². The van der Waals surface area contributed by atoms with Gasteiger partial charge in [0.1, 0.15) is 0 Å². The molecular weight excluding hydrogens is 277 g/mol. The van der Waals surface area contributed by atoms with Crippen molar-refractivity contribution in [1.29, 1.82) is 0 Å². The van der Waals surface area contributed by atoms with E-state index in [0.717, 1.165) is 5.69 Å². The molecule has 0 aliphatic heterocycles. The number of alkyl halides is 1. The highest BCUT2D eigenvalue weighted by Gasteiger charge is 2.23. The smallest absolute Gasteiger partial charge is 0.309 e. The zero-order valence-corrected chi connectivity index (χ0v) is 12.4. The lowest BCUT2D eigenvalue weighted by Crippen LogP contribution is -2.08. The summed E-state index contributed by atoms with van der Waals surface area (Å²) >= 11 is 5.62. The van der Waals surface area contributed by atoms with Gasteiger partial charge in [-0.2, -0.15) is 0 Å². The van der Waals surface area contributed by atoms with Gasteiger partial charge in [0, 0.05) is 18.5 Å². The molecule has 0 aliphatic carbocycles. The molecule has 18 heavy (non-hydrogen) atoms. The maximum Gasteiger partial charge on any atom is 0.332 e. The molecule has 0 aromatic carbocycles. The minimum absolute atomic E-state index is 0.290. The molecule has 0 aliphatic rings. The molecule has 0 saturated heterocycles. The van der Waals surface area contributed by atoms with Crippen LogP contribution in [0.3, 0.4) is 0 Å². The van der Waals surface area contributed by atoms with Crippen LogP contribution in [0.25, 0.3) is 0 Å². The van der Waals surface area contributed by atoms with Gasteiger partial charge in [0.15, 0.2) is 0 Å². The van der Waals surface area contributed by atoms with Gasteiger partial charge in [0.05, 0.1) is 31.6 Å². The summed E-state index contributed by atoms with van der Waals surface area (Å²) in [5.74, 6) is 0.509. The van der Waals surface area contributed by atoms with Gasteiger partial charge in [-0.05, 0) is 13.8 Å². The van der Waals surface area contributed by atoms with E-state index in [2.05, 4.69) is 10.3 Å². The van der Waals surface area contributed by atoms with E-state index < -0.39 is 7.60 Å². The molecule has 0 amide bonds. The molecule has 0 fully saturated rings. The first-order valence-corrected chi connectivity index (χ1v) is 8.23. The van der Waals surface area contributed by atoms with Crippen LogP contribution in [0.4, 0.5) is 0 Å². The first-order valence-electron chi connectivity index (χ1n) is 5.96. The van der Waals surface area contributed by atoms with E-state index in [1.807, 2.05) is 0 Å². The van der Waals surface area contributed by atoms with E-state index in [9.17, 15) is 4.57 Å². The van der Waals surface area contributed by atoms with Gasteiger partial charge in [0.25, 0.3) is 0 Å². The van der Waals surface area contributed by atoms with Crippen LogP contribution in [-0.4, -0.2) is 40.2 Å². The Hall–Kier alpha value is -0.420. The normalized spacial score (nSPS) is 11.9. The Morgan fingerprint density at radius 1 is 1.39 bits per heavy atom. The first kappa shape index (κ1) is 15.6. The molecule has 8 heteroatoms. The van der Waals surface area contributed by atoms with Crippen LogP contribution in [0, 0.1) is 0 Å². The van der Waals surface area contributed by atoms with Crippen LogP contribution < -0.4 is 0 Å². The van der Waals surface area contributed by atoms with Gasteiger partial charge in [-0.15, -0.1) is 16.7 Å². The monoisotopic (exact) mass is 295 g/mol.